The molecule has 0 fully saturated rings. The lowest BCUT2D eigenvalue weighted by atomic mass is 10.1. The van der Waals surface area contributed by atoms with E-state index in [9.17, 15) is 18.0 Å². The van der Waals surface area contributed by atoms with Crippen molar-refractivity contribution in [3.05, 3.63) is 47.0 Å². The van der Waals surface area contributed by atoms with Gasteiger partial charge < -0.3 is 5.32 Å². The topological polar surface area (TPSA) is 70.7 Å². The molecule has 0 radical (unpaired) electrons. The van der Waals surface area contributed by atoms with Gasteiger partial charge in [0.1, 0.15) is 0 Å². The Balaban J connectivity index is 2.16. The van der Waals surface area contributed by atoms with Crippen LogP contribution in [-0.2, 0) is 12.7 Å². The van der Waals surface area contributed by atoms with Crippen molar-refractivity contribution < 1.29 is 18.0 Å². The summed E-state index contributed by atoms with van der Waals surface area (Å²) in [5.41, 5.74) is -0.0490. The molecule has 8 heteroatoms. The molecule has 0 saturated heterocycles. The Morgan fingerprint density at radius 2 is 2.15 bits per heavy atom. The Hall–Kier alpha value is -2.38. The molecule has 0 aromatic carbocycles. The van der Waals surface area contributed by atoms with Gasteiger partial charge in [0, 0.05) is 30.2 Å². The second-order valence-electron chi connectivity index (χ2n) is 4.12. The molecule has 2 aromatic rings. The van der Waals surface area contributed by atoms with Crippen molar-refractivity contribution in [3.63, 3.8) is 0 Å². The second-order valence-corrected chi connectivity index (χ2v) is 4.12. The number of pyridine rings is 1. The summed E-state index contributed by atoms with van der Waals surface area (Å²) < 4.78 is 38.3. The zero-order chi connectivity index (χ0) is 14.8. The zero-order valence-corrected chi connectivity index (χ0v) is 10.5. The molecule has 0 aliphatic heterocycles. The normalized spacial score (nSPS) is 11.4. The van der Waals surface area contributed by atoms with E-state index in [1.54, 1.807) is 6.92 Å². The molecule has 0 atom stereocenters. The Morgan fingerprint density at radius 1 is 1.40 bits per heavy atom. The first-order chi connectivity index (χ1) is 9.39. The molecule has 2 rings (SSSR count). The first-order valence-electron chi connectivity index (χ1n) is 5.68. The van der Waals surface area contributed by atoms with Gasteiger partial charge in [-0.2, -0.15) is 18.3 Å². The van der Waals surface area contributed by atoms with E-state index in [4.69, 9.17) is 0 Å². The predicted octanol–water partition coefficient (Wildman–Crippen LogP) is 2.06. The summed E-state index contributed by atoms with van der Waals surface area (Å²) in [4.78, 5) is 15.3. The third-order valence-corrected chi connectivity index (χ3v) is 2.74. The lowest BCUT2D eigenvalue weighted by Gasteiger charge is -2.11. The maximum absolute atomic E-state index is 12.8. The first-order valence-corrected chi connectivity index (χ1v) is 5.68. The largest absolute Gasteiger partial charge is 0.418 e. The van der Waals surface area contributed by atoms with Gasteiger partial charge in [-0.3, -0.25) is 14.9 Å². The molecule has 0 aliphatic rings. The highest BCUT2D eigenvalue weighted by atomic mass is 19.4. The van der Waals surface area contributed by atoms with Crippen LogP contribution < -0.4 is 5.32 Å². The quantitative estimate of drug-likeness (QED) is 0.906. The molecule has 0 bridgehead atoms. The van der Waals surface area contributed by atoms with Gasteiger partial charge in [0.05, 0.1) is 17.3 Å². The number of amides is 1. The van der Waals surface area contributed by atoms with Crippen molar-refractivity contribution in [1.29, 1.82) is 0 Å². The van der Waals surface area contributed by atoms with Crippen LogP contribution in [-0.4, -0.2) is 21.1 Å². The van der Waals surface area contributed by atoms with Crippen LogP contribution in [0, 0.1) is 6.92 Å². The number of aromatic amines is 1. The maximum Gasteiger partial charge on any atom is 0.418 e. The lowest BCUT2D eigenvalue weighted by Crippen LogP contribution is -2.26. The van der Waals surface area contributed by atoms with Crippen LogP contribution in [0.5, 0.6) is 0 Å². The molecule has 5 nitrogen and oxygen atoms in total. The van der Waals surface area contributed by atoms with Crippen LogP contribution in [0.25, 0.3) is 0 Å². The van der Waals surface area contributed by atoms with Gasteiger partial charge in [-0.1, -0.05) is 0 Å². The molecule has 2 heterocycles. The summed E-state index contributed by atoms with van der Waals surface area (Å²) in [5, 5.41) is 8.87. The van der Waals surface area contributed by atoms with Gasteiger partial charge in [0.15, 0.2) is 0 Å². The third-order valence-electron chi connectivity index (χ3n) is 2.74. The molecule has 2 aromatic heterocycles. The first kappa shape index (κ1) is 14.0. The Morgan fingerprint density at radius 3 is 2.75 bits per heavy atom. The molecule has 0 unspecified atom stereocenters. The van der Waals surface area contributed by atoms with Crippen molar-refractivity contribution in [2.45, 2.75) is 19.6 Å². The molecule has 1 amide bonds. The summed E-state index contributed by atoms with van der Waals surface area (Å²) in [6.45, 7) is 1.85. The Labute approximate surface area is 112 Å². The number of alkyl halides is 3. The molecule has 106 valence electrons. The van der Waals surface area contributed by atoms with E-state index in [0.29, 0.717) is 11.8 Å². The average molecular weight is 284 g/mol. The van der Waals surface area contributed by atoms with Gasteiger partial charge in [-0.15, -0.1) is 0 Å². The van der Waals surface area contributed by atoms with Crippen LogP contribution in [0.15, 0.2) is 24.7 Å². The van der Waals surface area contributed by atoms with E-state index in [1.165, 1.54) is 6.20 Å². The number of nitrogens with zero attached hydrogens (tertiary/aromatic N) is 2. The molecule has 0 spiro atoms. The minimum Gasteiger partial charge on any atom is -0.348 e. The van der Waals surface area contributed by atoms with Crippen molar-refractivity contribution in [3.8, 4) is 0 Å². The van der Waals surface area contributed by atoms with Gasteiger partial charge in [-0.25, -0.2) is 0 Å². The average Bonchev–Trinajstić information content (AvgIpc) is 2.80. The summed E-state index contributed by atoms with van der Waals surface area (Å²) in [5.74, 6) is -0.805. The molecular weight excluding hydrogens is 273 g/mol. The number of rotatable bonds is 3. The van der Waals surface area contributed by atoms with Crippen LogP contribution in [0.3, 0.4) is 0 Å². The predicted molar refractivity (Wildman–Crippen MR) is 63.7 cm³/mol. The van der Waals surface area contributed by atoms with E-state index < -0.39 is 23.2 Å². The van der Waals surface area contributed by atoms with Gasteiger partial charge in [-0.05, 0) is 13.0 Å². The van der Waals surface area contributed by atoms with E-state index >= 15 is 0 Å². The highest BCUT2D eigenvalue weighted by molar-refractivity contribution is 5.95. The number of carbonyl (C=O) groups excluding carboxylic acids is 1. The summed E-state index contributed by atoms with van der Waals surface area (Å²) in [6.07, 6.45) is -1.33. The van der Waals surface area contributed by atoms with Crippen molar-refractivity contribution in [2.75, 3.05) is 0 Å². The standard InChI is InChI=1S/C12H11F3N4O/c1-7-8(5-18-19-7)4-17-11(20)9-2-3-16-6-10(9)12(13,14)15/h2-3,5-6H,4H2,1H3,(H,17,20)(H,18,19). The summed E-state index contributed by atoms with van der Waals surface area (Å²) >= 11 is 0. The highest BCUT2D eigenvalue weighted by Gasteiger charge is 2.35. The van der Waals surface area contributed by atoms with Crippen LogP contribution >= 0.6 is 0 Å². The van der Waals surface area contributed by atoms with Crippen molar-refractivity contribution >= 4 is 5.91 Å². The van der Waals surface area contributed by atoms with Gasteiger partial charge in [0.25, 0.3) is 5.91 Å². The van der Waals surface area contributed by atoms with E-state index in [-0.39, 0.29) is 6.54 Å². The molecule has 0 aliphatic carbocycles. The Bertz CT molecular complexity index is 621. The van der Waals surface area contributed by atoms with Crippen molar-refractivity contribution in [1.82, 2.24) is 20.5 Å². The van der Waals surface area contributed by atoms with Crippen LogP contribution in [0.2, 0.25) is 0 Å². The van der Waals surface area contributed by atoms with Crippen molar-refractivity contribution in [2.24, 2.45) is 0 Å². The maximum atomic E-state index is 12.8. The molecule has 0 saturated carbocycles. The number of nitrogens with one attached hydrogen (secondary N) is 2. The minimum absolute atomic E-state index is 0.0980. The molecular formula is C12H11F3N4O. The number of carbonyl (C=O) groups is 1. The summed E-state index contributed by atoms with van der Waals surface area (Å²) in [6, 6.07) is 1.04. The fourth-order valence-electron chi connectivity index (χ4n) is 1.64. The number of halogens is 3. The number of H-pyrrole nitrogens is 1. The van der Waals surface area contributed by atoms with Gasteiger partial charge >= 0.3 is 6.18 Å². The minimum atomic E-state index is -4.62. The highest BCUT2D eigenvalue weighted by Crippen LogP contribution is 2.31. The van der Waals surface area contributed by atoms with Gasteiger partial charge in [0.2, 0.25) is 0 Å². The number of hydrogen-bond acceptors (Lipinski definition) is 3. The number of aromatic nitrogens is 3. The van der Waals surface area contributed by atoms with Crippen LogP contribution in [0.1, 0.15) is 27.2 Å². The van der Waals surface area contributed by atoms with Crippen LogP contribution in [0.4, 0.5) is 13.2 Å². The fraction of sp³-hybridized carbons (Fsp3) is 0.250. The second kappa shape index (κ2) is 5.32. The third kappa shape index (κ3) is 2.95. The fourth-order valence-corrected chi connectivity index (χ4v) is 1.64. The summed E-state index contributed by atoms with van der Waals surface area (Å²) in [7, 11) is 0. The lowest BCUT2D eigenvalue weighted by molar-refractivity contribution is -0.138. The SMILES string of the molecule is Cc1[nH]ncc1CNC(=O)c1ccncc1C(F)(F)F. The smallest absolute Gasteiger partial charge is 0.348 e. The van der Waals surface area contributed by atoms with E-state index in [0.717, 1.165) is 18.0 Å². The number of hydrogen-bond donors (Lipinski definition) is 2. The Kier molecular flexibility index (Phi) is 3.73. The molecule has 2 N–H and O–H groups in total. The van der Waals surface area contributed by atoms with E-state index in [2.05, 4.69) is 20.5 Å². The number of aryl methyl sites for hydroxylation is 1. The monoisotopic (exact) mass is 284 g/mol. The van der Waals surface area contributed by atoms with E-state index in [1.807, 2.05) is 0 Å². The molecule has 20 heavy (non-hydrogen) atoms. The zero-order valence-electron chi connectivity index (χ0n) is 10.5.